The number of piperazine rings is 1. The molecule has 27 heavy (non-hydrogen) atoms. The van der Waals surface area contributed by atoms with Gasteiger partial charge in [0.2, 0.25) is 0 Å². The van der Waals surface area contributed by atoms with Crippen molar-refractivity contribution in [3.63, 3.8) is 0 Å². The zero-order valence-electron chi connectivity index (χ0n) is 16.2. The quantitative estimate of drug-likeness (QED) is 0.585. The number of benzene rings is 1. The number of guanidine groups is 1. The minimum atomic E-state index is 0.645. The predicted molar refractivity (Wildman–Crippen MR) is 112 cm³/mol. The van der Waals surface area contributed by atoms with Crippen LogP contribution in [0.25, 0.3) is 0 Å². The van der Waals surface area contributed by atoms with Crippen LogP contribution in [-0.2, 0) is 6.54 Å². The Morgan fingerprint density at radius 3 is 2.67 bits per heavy atom. The Kier molecular flexibility index (Phi) is 7.47. The van der Waals surface area contributed by atoms with E-state index in [1.54, 1.807) is 11.3 Å². The van der Waals surface area contributed by atoms with E-state index in [1.807, 2.05) is 36.5 Å². The molecule has 6 nitrogen and oxygen atoms in total. The summed E-state index contributed by atoms with van der Waals surface area (Å²) < 4.78 is 5.81. The van der Waals surface area contributed by atoms with Crippen LogP contribution in [0.3, 0.4) is 0 Å². The number of nitrogens with zero attached hydrogens (tertiary/aromatic N) is 4. The number of hydrogen-bond donors (Lipinski definition) is 1. The zero-order valence-corrected chi connectivity index (χ0v) is 17.0. The summed E-state index contributed by atoms with van der Waals surface area (Å²) in [5.74, 6) is 1.93. The molecule has 0 amide bonds. The molecule has 2 heterocycles. The van der Waals surface area contributed by atoms with E-state index in [4.69, 9.17) is 9.73 Å². The van der Waals surface area contributed by atoms with Crippen molar-refractivity contribution >= 4 is 17.3 Å². The highest BCUT2D eigenvalue weighted by atomic mass is 32.1. The molecule has 7 heteroatoms. The molecule has 1 aromatic heterocycles. The van der Waals surface area contributed by atoms with Crippen LogP contribution >= 0.6 is 11.3 Å². The van der Waals surface area contributed by atoms with E-state index in [9.17, 15) is 0 Å². The monoisotopic (exact) mass is 387 g/mol. The van der Waals surface area contributed by atoms with Crippen LogP contribution in [0.15, 0.2) is 41.5 Å². The molecule has 0 unspecified atom stereocenters. The van der Waals surface area contributed by atoms with Gasteiger partial charge in [0.1, 0.15) is 17.4 Å². The molecule has 1 aromatic carbocycles. The van der Waals surface area contributed by atoms with Crippen LogP contribution in [0.5, 0.6) is 5.75 Å². The zero-order chi connectivity index (χ0) is 18.9. The molecule has 146 valence electrons. The maximum atomic E-state index is 5.81. The van der Waals surface area contributed by atoms with Crippen LogP contribution in [0.2, 0.25) is 0 Å². The molecule has 0 atom stereocenters. The Labute approximate surface area is 165 Å². The maximum absolute atomic E-state index is 5.81. The van der Waals surface area contributed by atoms with Crippen LogP contribution in [0.1, 0.15) is 16.8 Å². The van der Waals surface area contributed by atoms with E-state index in [0.29, 0.717) is 6.54 Å². The summed E-state index contributed by atoms with van der Waals surface area (Å²) in [6.07, 6.45) is 1.92. The Hall–Kier alpha value is -2.12. The lowest BCUT2D eigenvalue weighted by molar-refractivity contribution is 0.152. The van der Waals surface area contributed by atoms with Gasteiger partial charge in [-0.1, -0.05) is 18.2 Å². The van der Waals surface area contributed by atoms with Crippen molar-refractivity contribution in [3.05, 3.63) is 46.4 Å². The minimum absolute atomic E-state index is 0.645. The fourth-order valence-electron chi connectivity index (χ4n) is 3.04. The molecule has 1 aliphatic rings. The van der Waals surface area contributed by atoms with Crippen molar-refractivity contribution in [3.8, 4) is 5.75 Å². The highest BCUT2D eigenvalue weighted by Crippen LogP contribution is 2.13. The third kappa shape index (κ3) is 6.22. The standard InChI is InChI=1S/C20H29N5OS/c1-3-21-20(23-16-19-22-15-17(2)27-19)25-11-9-24(10-12-25)13-14-26-18-7-5-4-6-8-18/h4-8,15H,3,9-14,16H2,1-2H3,(H,21,23). The second-order valence-corrected chi connectivity index (χ2v) is 7.84. The maximum Gasteiger partial charge on any atom is 0.194 e. The summed E-state index contributed by atoms with van der Waals surface area (Å²) in [6.45, 7) is 11.4. The Balaban J connectivity index is 1.44. The lowest BCUT2D eigenvalue weighted by atomic mass is 10.3. The molecule has 0 radical (unpaired) electrons. The van der Waals surface area contributed by atoms with Crippen molar-refractivity contribution in [2.45, 2.75) is 20.4 Å². The first kappa shape index (κ1) is 19.6. The molecule has 1 fully saturated rings. The van der Waals surface area contributed by atoms with E-state index in [1.165, 1.54) is 4.88 Å². The Morgan fingerprint density at radius 2 is 2.00 bits per heavy atom. The molecule has 0 spiro atoms. The fraction of sp³-hybridized carbons (Fsp3) is 0.500. The molecule has 2 aromatic rings. The van der Waals surface area contributed by atoms with Gasteiger partial charge in [-0.2, -0.15) is 0 Å². The SMILES string of the molecule is CCNC(=NCc1ncc(C)s1)N1CCN(CCOc2ccccc2)CC1. The van der Waals surface area contributed by atoms with E-state index in [2.05, 4.69) is 33.9 Å². The summed E-state index contributed by atoms with van der Waals surface area (Å²) in [7, 11) is 0. The molecular weight excluding hydrogens is 358 g/mol. The van der Waals surface area contributed by atoms with Gasteiger partial charge in [-0.3, -0.25) is 4.90 Å². The van der Waals surface area contributed by atoms with Crippen molar-refractivity contribution in [1.29, 1.82) is 0 Å². The van der Waals surface area contributed by atoms with Gasteiger partial charge >= 0.3 is 0 Å². The van der Waals surface area contributed by atoms with Crippen LogP contribution in [0, 0.1) is 6.92 Å². The first-order chi connectivity index (χ1) is 13.2. The summed E-state index contributed by atoms with van der Waals surface area (Å²) in [6, 6.07) is 10.0. The van der Waals surface area contributed by atoms with Gasteiger partial charge in [-0.05, 0) is 26.0 Å². The number of aromatic nitrogens is 1. The summed E-state index contributed by atoms with van der Waals surface area (Å²) in [4.78, 5) is 15.2. The smallest absolute Gasteiger partial charge is 0.194 e. The number of nitrogens with one attached hydrogen (secondary N) is 1. The first-order valence-electron chi connectivity index (χ1n) is 9.59. The third-order valence-electron chi connectivity index (χ3n) is 4.46. The number of thiazole rings is 1. The molecule has 1 saturated heterocycles. The molecule has 0 saturated carbocycles. The molecular formula is C20H29N5OS. The summed E-state index contributed by atoms with van der Waals surface area (Å²) >= 11 is 1.72. The molecule has 0 aliphatic carbocycles. The number of rotatable bonds is 7. The average molecular weight is 388 g/mol. The molecule has 0 bridgehead atoms. The number of aryl methyl sites for hydroxylation is 1. The highest BCUT2D eigenvalue weighted by molar-refractivity contribution is 7.11. The van der Waals surface area contributed by atoms with Gasteiger partial charge in [0.25, 0.3) is 0 Å². The van der Waals surface area contributed by atoms with Gasteiger partial charge in [0.05, 0.1) is 6.54 Å². The minimum Gasteiger partial charge on any atom is -0.492 e. The normalized spacial score (nSPS) is 15.8. The van der Waals surface area contributed by atoms with E-state index >= 15 is 0 Å². The van der Waals surface area contributed by atoms with Gasteiger partial charge in [-0.15, -0.1) is 11.3 Å². The van der Waals surface area contributed by atoms with E-state index < -0.39 is 0 Å². The fourth-order valence-corrected chi connectivity index (χ4v) is 3.75. The predicted octanol–water partition coefficient (Wildman–Crippen LogP) is 2.61. The summed E-state index contributed by atoms with van der Waals surface area (Å²) in [5.41, 5.74) is 0. The van der Waals surface area contributed by atoms with Crippen molar-refractivity contribution < 1.29 is 4.74 Å². The van der Waals surface area contributed by atoms with Gasteiger partial charge in [-0.25, -0.2) is 9.98 Å². The second kappa shape index (κ2) is 10.3. The van der Waals surface area contributed by atoms with Gasteiger partial charge < -0.3 is 15.0 Å². The molecule has 1 aliphatic heterocycles. The Bertz CT molecular complexity index is 710. The lowest BCUT2D eigenvalue weighted by Crippen LogP contribution is -2.53. The van der Waals surface area contributed by atoms with Gasteiger partial charge in [0, 0.05) is 50.3 Å². The first-order valence-corrected chi connectivity index (χ1v) is 10.4. The van der Waals surface area contributed by atoms with E-state index in [0.717, 1.165) is 62.6 Å². The topological polar surface area (TPSA) is 53.0 Å². The number of para-hydroxylation sites is 1. The van der Waals surface area contributed by atoms with Crippen molar-refractivity contribution in [1.82, 2.24) is 20.1 Å². The third-order valence-corrected chi connectivity index (χ3v) is 5.36. The van der Waals surface area contributed by atoms with E-state index in [-0.39, 0.29) is 0 Å². The van der Waals surface area contributed by atoms with Crippen LogP contribution < -0.4 is 10.1 Å². The highest BCUT2D eigenvalue weighted by Gasteiger charge is 2.19. The van der Waals surface area contributed by atoms with Crippen LogP contribution in [-0.4, -0.2) is 66.6 Å². The second-order valence-electron chi connectivity index (χ2n) is 6.53. The van der Waals surface area contributed by atoms with Gasteiger partial charge in [0.15, 0.2) is 5.96 Å². The average Bonchev–Trinajstić information content (AvgIpc) is 3.12. The molecule has 3 rings (SSSR count). The molecule has 1 N–H and O–H groups in total. The number of aliphatic imine (C=N–C) groups is 1. The lowest BCUT2D eigenvalue weighted by Gasteiger charge is -2.36. The van der Waals surface area contributed by atoms with Crippen molar-refractivity contribution in [2.24, 2.45) is 4.99 Å². The Morgan fingerprint density at radius 1 is 1.22 bits per heavy atom. The number of ether oxygens (including phenoxy) is 1. The van der Waals surface area contributed by atoms with Crippen molar-refractivity contribution in [2.75, 3.05) is 45.9 Å². The summed E-state index contributed by atoms with van der Waals surface area (Å²) in [5, 5.41) is 4.49. The van der Waals surface area contributed by atoms with Crippen LogP contribution in [0.4, 0.5) is 0 Å². The number of hydrogen-bond acceptors (Lipinski definition) is 5. The largest absolute Gasteiger partial charge is 0.492 e.